The van der Waals surface area contributed by atoms with Gasteiger partial charge in [0.15, 0.2) is 0 Å². The van der Waals surface area contributed by atoms with Crippen LogP contribution in [0, 0.1) is 0 Å². The van der Waals surface area contributed by atoms with Crippen LogP contribution in [0.25, 0.3) is 0 Å². The van der Waals surface area contributed by atoms with Gasteiger partial charge in [-0.3, -0.25) is 4.21 Å². The van der Waals surface area contributed by atoms with Gasteiger partial charge in [0, 0.05) is 9.35 Å². The molecular formula is C12H8Br2O3S2. The zero-order chi connectivity index (χ0) is 14.0. The second-order valence-corrected chi connectivity index (χ2v) is 8.52. The lowest BCUT2D eigenvalue weighted by Gasteiger charge is -2.06. The number of carboxylic acid groups (broad SMARTS) is 1. The van der Waals surface area contributed by atoms with Crippen molar-refractivity contribution in [3.05, 3.63) is 49.0 Å². The highest BCUT2D eigenvalue weighted by molar-refractivity contribution is 9.11. The SMILES string of the molecule is O=C(O)c1ccc(Br)cc1S(=O)Cc1ccc(Br)s1. The van der Waals surface area contributed by atoms with Crippen molar-refractivity contribution >= 4 is 60.0 Å². The number of aromatic carboxylic acids is 1. The Hall–Kier alpha value is -0.500. The first-order valence-electron chi connectivity index (χ1n) is 5.13. The Morgan fingerprint density at radius 1 is 1.26 bits per heavy atom. The maximum absolute atomic E-state index is 12.3. The lowest BCUT2D eigenvalue weighted by molar-refractivity contribution is 0.0693. The molecule has 1 unspecified atom stereocenters. The van der Waals surface area contributed by atoms with E-state index in [4.69, 9.17) is 5.11 Å². The molecule has 100 valence electrons. The molecule has 19 heavy (non-hydrogen) atoms. The highest BCUT2D eigenvalue weighted by atomic mass is 79.9. The van der Waals surface area contributed by atoms with Gasteiger partial charge in [-0.15, -0.1) is 11.3 Å². The van der Waals surface area contributed by atoms with Crippen molar-refractivity contribution in [2.45, 2.75) is 10.6 Å². The number of halogens is 2. The van der Waals surface area contributed by atoms with Crippen molar-refractivity contribution in [2.24, 2.45) is 0 Å². The summed E-state index contributed by atoms with van der Waals surface area (Å²) in [5, 5.41) is 9.12. The molecule has 2 rings (SSSR count). The minimum absolute atomic E-state index is 0.0807. The van der Waals surface area contributed by atoms with Crippen LogP contribution in [0.5, 0.6) is 0 Å². The summed E-state index contributed by atoms with van der Waals surface area (Å²) >= 11 is 8.11. The molecule has 1 atom stereocenters. The highest BCUT2D eigenvalue weighted by Gasteiger charge is 2.16. The van der Waals surface area contributed by atoms with Crippen LogP contribution in [-0.4, -0.2) is 15.3 Å². The first-order valence-corrected chi connectivity index (χ1v) is 8.85. The molecule has 0 amide bonds. The van der Waals surface area contributed by atoms with E-state index in [0.29, 0.717) is 15.1 Å². The summed E-state index contributed by atoms with van der Waals surface area (Å²) in [6.45, 7) is 0. The third-order valence-corrected chi connectivity index (χ3v) is 6.02. The smallest absolute Gasteiger partial charge is 0.336 e. The first-order chi connectivity index (χ1) is 8.97. The Kier molecular flexibility index (Phi) is 4.94. The van der Waals surface area contributed by atoms with Crippen LogP contribution in [0.4, 0.5) is 0 Å². The van der Waals surface area contributed by atoms with Crippen LogP contribution in [0.15, 0.2) is 43.5 Å². The van der Waals surface area contributed by atoms with Gasteiger partial charge in [-0.2, -0.15) is 0 Å². The number of carboxylic acids is 1. The van der Waals surface area contributed by atoms with Gasteiger partial charge in [0.2, 0.25) is 0 Å². The summed E-state index contributed by atoms with van der Waals surface area (Å²) in [5.74, 6) is -0.754. The predicted octanol–water partition coefficient (Wildman–Crippen LogP) is 4.28. The Bertz CT molecular complexity index is 652. The van der Waals surface area contributed by atoms with Crippen LogP contribution >= 0.6 is 43.2 Å². The fraction of sp³-hybridized carbons (Fsp3) is 0.0833. The molecular weight excluding hydrogens is 416 g/mol. The zero-order valence-electron chi connectivity index (χ0n) is 9.43. The van der Waals surface area contributed by atoms with Gasteiger partial charge in [0.25, 0.3) is 0 Å². The monoisotopic (exact) mass is 422 g/mol. The van der Waals surface area contributed by atoms with E-state index in [1.807, 2.05) is 12.1 Å². The summed E-state index contributed by atoms with van der Waals surface area (Å²) in [4.78, 5) is 12.4. The summed E-state index contributed by atoms with van der Waals surface area (Å²) in [5.41, 5.74) is 0.0807. The molecule has 0 saturated carbocycles. The molecule has 0 aliphatic rings. The predicted molar refractivity (Wildman–Crippen MR) is 83.2 cm³/mol. The topological polar surface area (TPSA) is 54.4 Å². The lowest BCUT2D eigenvalue weighted by atomic mass is 10.2. The number of hydrogen-bond acceptors (Lipinski definition) is 3. The molecule has 0 spiro atoms. The fourth-order valence-corrected chi connectivity index (χ4v) is 5.01. The van der Waals surface area contributed by atoms with Gasteiger partial charge in [0.1, 0.15) is 0 Å². The maximum Gasteiger partial charge on any atom is 0.336 e. The molecule has 0 aliphatic carbocycles. The molecule has 0 fully saturated rings. The normalized spacial score (nSPS) is 12.3. The standard InChI is InChI=1S/C12H8Br2O3S2/c13-7-1-3-9(12(15)16)10(5-7)19(17)6-8-2-4-11(14)18-8/h1-5H,6H2,(H,15,16). The molecule has 1 aromatic carbocycles. The number of thiophene rings is 1. The molecule has 7 heteroatoms. The van der Waals surface area contributed by atoms with E-state index in [2.05, 4.69) is 31.9 Å². The average molecular weight is 424 g/mol. The second-order valence-electron chi connectivity index (χ2n) is 3.64. The van der Waals surface area contributed by atoms with E-state index in [1.54, 1.807) is 12.1 Å². The fourth-order valence-electron chi connectivity index (χ4n) is 1.50. The highest BCUT2D eigenvalue weighted by Crippen LogP contribution is 2.27. The van der Waals surface area contributed by atoms with Crippen molar-refractivity contribution in [2.75, 3.05) is 0 Å². The molecule has 1 N–H and O–H groups in total. The van der Waals surface area contributed by atoms with E-state index >= 15 is 0 Å². The molecule has 1 heterocycles. The van der Waals surface area contributed by atoms with Crippen LogP contribution in [-0.2, 0) is 16.6 Å². The number of rotatable bonds is 4. The van der Waals surface area contributed by atoms with Gasteiger partial charge < -0.3 is 5.11 Å². The van der Waals surface area contributed by atoms with Crippen molar-refractivity contribution in [1.29, 1.82) is 0 Å². The largest absolute Gasteiger partial charge is 0.478 e. The van der Waals surface area contributed by atoms with Crippen molar-refractivity contribution in [3.8, 4) is 0 Å². The van der Waals surface area contributed by atoms with Gasteiger partial charge in [-0.25, -0.2) is 4.79 Å². The summed E-state index contributed by atoms with van der Waals surface area (Å²) in [6, 6.07) is 8.46. The quantitative estimate of drug-likeness (QED) is 0.798. The Morgan fingerprint density at radius 2 is 2.00 bits per heavy atom. The zero-order valence-corrected chi connectivity index (χ0v) is 14.2. The van der Waals surface area contributed by atoms with E-state index < -0.39 is 16.8 Å². The van der Waals surface area contributed by atoms with Crippen LogP contribution < -0.4 is 0 Å². The molecule has 1 aromatic heterocycles. The van der Waals surface area contributed by atoms with E-state index in [-0.39, 0.29) is 5.56 Å². The third-order valence-electron chi connectivity index (χ3n) is 2.32. The number of benzene rings is 1. The van der Waals surface area contributed by atoms with Crippen molar-refractivity contribution in [1.82, 2.24) is 0 Å². The van der Waals surface area contributed by atoms with E-state index in [0.717, 1.165) is 8.66 Å². The molecule has 3 nitrogen and oxygen atoms in total. The van der Waals surface area contributed by atoms with Crippen LogP contribution in [0.2, 0.25) is 0 Å². The first kappa shape index (κ1) is 14.9. The van der Waals surface area contributed by atoms with E-state index in [9.17, 15) is 9.00 Å². The average Bonchev–Trinajstić information content (AvgIpc) is 2.74. The molecule has 0 bridgehead atoms. The van der Waals surface area contributed by atoms with Gasteiger partial charge in [-0.1, -0.05) is 15.9 Å². The lowest BCUT2D eigenvalue weighted by Crippen LogP contribution is -2.05. The molecule has 2 aromatic rings. The molecule has 0 saturated heterocycles. The minimum atomic E-state index is -1.38. The summed E-state index contributed by atoms with van der Waals surface area (Å²) < 4.78 is 14.0. The Labute approximate surface area is 133 Å². The van der Waals surface area contributed by atoms with Gasteiger partial charge >= 0.3 is 5.97 Å². The molecule has 0 aliphatic heterocycles. The maximum atomic E-state index is 12.3. The Balaban J connectivity index is 2.32. The Morgan fingerprint density at radius 3 is 2.58 bits per heavy atom. The van der Waals surface area contributed by atoms with E-state index in [1.165, 1.54) is 17.4 Å². The van der Waals surface area contributed by atoms with Crippen LogP contribution in [0.3, 0.4) is 0 Å². The minimum Gasteiger partial charge on any atom is -0.478 e. The van der Waals surface area contributed by atoms with Gasteiger partial charge in [-0.05, 0) is 46.3 Å². The third kappa shape index (κ3) is 3.75. The number of carbonyl (C=O) groups is 1. The second kappa shape index (κ2) is 6.30. The summed E-state index contributed by atoms with van der Waals surface area (Å²) in [7, 11) is -1.38. The van der Waals surface area contributed by atoms with Crippen molar-refractivity contribution < 1.29 is 14.1 Å². The summed E-state index contributed by atoms with van der Waals surface area (Å²) in [6.07, 6.45) is 0. The molecule has 0 radical (unpaired) electrons. The van der Waals surface area contributed by atoms with Crippen molar-refractivity contribution in [3.63, 3.8) is 0 Å². The van der Waals surface area contributed by atoms with Crippen LogP contribution in [0.1, 0.15) is 15.2 Å². The number of hydrogen-bond donors (Lipinski definition) is 1. The van der Waals surface area contributed by atoms with Gasteiger partial charge in [0.05, 0.1) is 30.8 Å².